The van der Waals surface area contributed by atoms with Crippen LogP contribution in [0, 0.1) is 11.8 Å². The monoisotopic (exact) mass is 183 g/mol. The van der Waals surface area contributed by atoms with E-state index in [0.29, 0.717) is 0 Å². The highest BCUT2D eigenvalue weighted by Crippen LogP contribution is 2.37. The predicted octanol–water partition coefficient (Wildman–Crippen LogP) is 3.15. The Labute approximate surface area is 83.5 Å². The molecule has 1 aliphatic heterocycles. The number of piperidine rings is 1. The third-order valence-electron chi connectivity index (χ3n) is 3.57. The fraction of sp³-hybridized carbons (Fsp3) is 1.00. The summed E-state index contributed by atoms with van der Waals surface area (Å²) in [5.41, 5.74) is 0. The van der Waals surface area contributed by atoms with E-state index in [4.69, 9.17) is 0 Å². The molecule has 0 aromatic rings. The Morgan fingerprint density at radius 2 is 1.77 bits per heavy atom. The largest absolute Gasteiger partial charge is 0.303 e. The maximum absolute atomic E-state index is 2.62. The lowest BCUT2D eigenvalue weighted by molar-refractivity contribution is 0.144. The minimum Gasteiger partial charge on any atom is -0.303 e. The molecule has 2 aliphatic rings. The number of rotatable bonds is 1. The molecule has 2 rings (SSSR count). The maximum Gasteiger partial charge on any atom is 0.00122 e. The highest BCUT2D eigenvalue weighted by atomic mass is 15.1. The van der Waals surface area contributed by atoms with Crippen molar-refractivity contribution in [1.29, 1.82) is 0 Å². The molecular formula is C12H25N. The highest BCUT2D eigenvalue weighted by molar-refractivity contribution is 4.84. The summed E-state index contributed by atoms with van der Waals surface area (Å²) < 4.78 is 0. The molecule has 0 N–H and O–H groups in total. The van der Waals surface area contributed by atoms with E-state index in [1.54, 1.807) is 0 Å². The summed E-state index contributed by atoms with van der Waals surface area (Å²) in [7, 11) is 0. The van der Waals surface area contributed by atoms with Crippen molar-refractivity contribution in [1.82, 2.24) is 4.90 Å². The molecule has 0 amide bonds. The van der Waals surface area contributed by atoms with Gasteiger partial charge in [-0.05, 0) is 37.8 Å². The average Bonchev–Trinajstić information content (AvgIpc) is 2.67. The van der Waals surface area contributed by atoms with E-state index in [9.17, 15) is 0 Å². The summed E-state index contributed by atoms with van der Waals surface area (Å²) in [5.74, 6) is 2.18. The molecule has 1 aliphatic carbocycles. The lowest BCUT2D eigenvalue weighted by Crippen LogP contribution is -2.38. The van der Waals surface area contributed by atoms with Crippen molar-refractivity contribution in [2.45, 2.75) is 46.5 Å². The molecule has 78 valence electrons. The Hall–Kier alpha value is -0.0400. The van der Waals surface area contributed by atoms with Crippen molar-refractivity contribution in [2.75, 3.05) is 19.6 Å². The van der Waals surface area contributed by atoms with Crippen LogP contribution in [0.4, 0.5) is 0 Å². The van der Waals surface area contributed by atoms with Crippen LogP contribution in [0.1, 0.15) is 46.5 Å². The highest BCUT2D eigenvalue weighted by Gasteiger charge is 2.31. The van der Waals surface area contributed by atoms with Crippen LogP contribution in [0.25, 0.3) is 0 Å². The van der Waals surface area contributed by atoms with Crippen LogP contribution in [0.2, 0.25) is 0 Å². The van der Waals surface area contributed by atoms with E-state index in [1.807, 2.05) is 13.8 Å². The van der Waals surface area contributed by atoms with Gasteiger partial charge in [0.2, 0.25) is 0 Å². The minimum atomic E-state index is 1.07. The van der Waals surface area contributed by atoms with E-state index < -0.39 is 0 Å². The van der Waals surface area contributed by atoms with E-state index in [2.05, 4.69) is 11.8 Å². The Balaban J connectivity index is 0.000000396. The Morgan fingerprint density at radius 1 is 1.08 bits per heavy atom. The first-order valence-corrected chi connectivity index (χ1v) is 6.12. The summed E-state index contributed by atoms with van der Waals surface area (Å²) in [6, 6.07) is 0. The van der Waals surface area contributed by atoms with E-state index >= 15 is 0 Å². The van der Waals surface area contributed by atoms with E-state index in [1.165, 1.54) is 45.3 Å². The number of nitrogens with zero attached hydrogens (tertiary/aromatic N) is 1. The molecule has 2 atom stereocenters. The minimum absolute atomic E-state index is 1.07. The number of likely N-dealkylation sites (tertiary alicyclic amines) is 1. The van der Waals surface area contributed by atoms with Crippen LogP contribution in [-0.4, -0.2) is 24.5 Å². The predicted molar refractivity (Wildman–Crippen MR) is 58.9 cm³/mol. The van der Waals surface area contributed by atoms with Crippen LogP contribution in [0.5, 0.6) is 0 Å². The van der Waals surface area contributed by atoms with Gasteiger partial charge in [0.05, 0.1) is 0 Å². The van der Waals surface area contributed by atoms with Gasteiger partial charge in [0.25, 0.3) is 0 Å². The maximum atomic E-state index is 2.62. The molecule has 0 aromatic heterocycles. The smallest absolute Gasteiger partial charge is 0.00122 e. The molecule has 1 heterocycles. The third-order valence-corrected chi connectivity index (χ3v) is 3.57. The number of hydrogen-bond acceptors (Lipinski definition) is 1. The summed E-state index contributed by atoms with van der Waals surface area (Å²) in [6.07, 6.45) is 6.04. The Bertz CT molecular complexity index is 133. The van der Waals surface area contributed by atoms with E-state index in [0.717, 1.165) is 11.8 Å². The molecule has 2 unspecified atom stereocenters. The second-order valence-corrected chi connectivity index (χ2v) is 4.13. The first kappa shape index (κ1) is 11.0. The molecule has 0 spiro atoms. The van der Waals surface area contributed by atoms with Crippen molar-refractivity contribution in [3.63, 3.8) is 0 Å². The lowest BCUT2D eigenvalue weighted by Gasteiger charge is -2.34. The molecule has 13 heavy (non-hydrogen) atoms. The van der Waals surface area contributed by atoms with Gasteiger partial charge in [0, 0.05) is 6.54 Å². The second-order valence-electron chi connectivity index (χ2n) is 4.13. The van der Waals surface area contributed by atoms with Crippen molar-refractivity contribution in [3.8, 4) is 0 Å². The summed E-state index contributed by atoms with van der Waals surface area (Å²) in [4.78, 5) is 2.62. The van der Waals surface area contributed by atoms with Gasteiger partial charge in [-0.2, -0.15) is 0 Å². The average molecular weight is 183 g/mol. The zero-order valence-electron chi connectivity index (χ0n) is 9.55. The fourth-order valence-electron chi connectivity index (χ4n) is 2.79. The van der Waals surface area contributed by atoms with Gasteiger partial charge < -0.3 is 4.90 Å². The molecular weight excluding hydrogens is 158 g/mol. The van der Waals surface area contributed by atoms with Crippen LogP contribution in [0.3, 0.4) is 0 Å². The third kappa shape index (κ3) is 2.70. The SMILES string of the molecule is CC.CCN1CCC2CCCC2C1. The van der Waals surface area contributed by atoms with Crippen LogP contribution >= 0.6 is 0 Å². The molecule has 2 fully saturated rings. The zero-order chi connectivity index (χ0) is 9.68. The van der Waals surface area contributed by atoms with Gasteiger partial charge in [-0.15, -0.1) is 0 Å². The van der Waals surface area contributed by atoms with Gasteiger partial charge in [-0.25, -0.2) is 0 Å². The molecule has 1 saturated heterocycles. The molecule has 1 heteroatoms. The first-order chi connectivity index (χ1) is 6.40. The van der Waals surface area contributed by atoms with Crippen LogP contribution in [0.15, 0.2) is 0 Å². The number of hydrogen-bond donors (Lipinski definition) is 0. The molecule has 1 saturated carbocycles. The first-order valence-electron chi connectivity index (χ1n) is 6.12. The van der Waals surface area contributed by atoms with Gasteiger partial charge in [-0.3, -0.25) is 0 Å². The van der Waals surface area contributed by atoms with E-state index in [-0.39, 0.29) is 0 Å². The standard InChI is InChI=1S/C10H19N.C2H6/c1-2-11-7-6-9-4-3-5-10(9)8-11;1-2/h9-10H,2-8H2,1H3;1-2H3. The second kappa shape index (κ2) is 5.64. The Kier molecular flexibility index (Phi) is 4.79. The Morgan fingerprint density at radius 3 is 2.46 bits per heavy atom. The zero-order valence-corrected chi connectivity index (χ0v) is 9.55. The van der Waals surface area contributed by atoms with Gasteiger partial charge in [0.1, 0.15) is 0 Å². The van der Waals surface area contributed by atoms with Gasteiger partial charge in [0.15, 0.2) is 0 Å². The summed E-state index contributed by atoms with van der Waals surface area (Å²) in [6.45, 7) is 10.3. The fourth-order valence-corrected chi connectivity index (χ4v) is 2.79. The van der Waals surface area contributed by atoms with Crippen molar-refractivity contribution >= 4 is 0 Å². The normalized spacial score (nSPS) is 33.5. The van der Waals surface area contributed by atoms with Crippen LogP contribution in [-0.2, 0) is 0 Å². The molecule has 0 bridgehead atoms. The van der Waals surface area contributed by atoms with Crippen molar-refractivity contribution < 1.29 is 0 Å². The summed E-state index contributed by atoms with van der Waals surface area (Å²) >= 11 is 0. The quantitative estimate of drug-likeness (QED) is 0.603. The van der Waals surface area contributed by atoms with Gasteiger partial charge in [-0.1, -0.05) is 33.6 Å². The van der Waals surface area contributed by atoms with Crippen LogP contribution < -0.4 is 0 Å². The van der Waals surface area contributed by atoms with Gasteiger partial charge >= 0.3 is 0 Å². The molecule has 0 aromatic carbocycles. The van der Waals surface area contributed by atoms with Crippen molar-refractivity contribution in [3.05, 3.63) is 0 Å². The summed E-state index contributed by atoms with van der Waals surface area (Å²) in [5, 5.41) is 0. The van der Waals surface area contributed by atoms with Crippen molar-refractivity contribution in [2.24, 2.45) is 11.8 Å². The number of fused-ring (bicyclic) bond motifs is 1. The molecule has 1 nitrogen and oxygen atoms in total. The topological polar surface area (TPSA) is 3.24 Å². The lowest BCUT2D eigenvalue weighted by atomic mass is 9.89. The molecule has 0 radical (unpaired) electrons.